The highest BCUT2D eigenvalue weighted by Gasteiger charge is 2.37. The highest BCUT2D eigenvalue weighted by molar-refractivity contribution is 5.76. The number of piperidine rings is 1. The molecule has 112 valence electrons. The van der Waals surface area contributed by atoms with Crippen molar-refractivity contribution in [3.63, 3.8) is 0 Å². The largest absolute Gasteiger partial charge is 0.385 e. The fourth-order valence-electron chi connectivity index (χ4n) is 2.86. The Morgan fingerprint density at radius 3 is 2.32 bits per heavy atom. The van der Waals surface area contributed by atoms with Crippen molar-refractivity contribution in [2.24, 2.45) is 5.92 Å². The molecule has 0 atom stereocenters. The lowest BCUT2D eigenvalue weighted by molar-refractivity contribution is -0.134. The molecule has 0 radical (unpaired) electrons. The topological polar surface area (TPSA) is 32.8 Å². The van der Waals surface area contributed by atoms with Crippen LogP contribution in [0.4, 0.5) is 0 Å². The van der Waals surface area contributed by atoms with E-state index in [9.17, 15) is 4.79 Å². The van der Waals surface area contributed by atoms with Gasteiger partial charge in [0, 0.05) is 38.8 Å². The van der Waals surface area contributed by atoms with E-state index >= 15 is 0 Å². The SMILES string of the molecule is COCCC1(N(C)C)CCN(C(=O)CC(C)C)CC1. The van der Waals surface area contributed by atoms with Gasteiger partial charge in [0.05, 0.1) is 0 Å². The minimum absolute atomic E-state index is 0.199. The second kappa shape index (κ2) is 7.25. The lowest BCUT2D eigenvalue weighted by atomic mass is 9.83. The first-order valence-corrected chi connectivity index (χ1v) is 7.35. The van der Waals surface area contributed by atoms with Crippen molar-refractivity contribution in [3.8, 4) is 0 Å². The van der Waals surface area contributed by atoms with Crippen molar-refractivity contribution in [2.75, 3.05) is 40.9 Å². The molecule has 1 rings (SSSR count). The fraction of sp³-hybridized carbons (Fsp3) is 0.933. The first-order valence-electron chi connectivity index (χ1n) is 7.35. The zero-order chi connectivity index (χ0) is 14.5. The van der Waals surface area contributed by atoms with Crippen LogP contribution in [0.1, 0.15) is 39.5 Å². The Morgan fingerprint density at radius 2 is 1.89 bits per heavy atom. The standard InChI is InChI=1S/C15H30N2O2/c1-13(2)12-14(18)17-9-6-15(7-10-17,16(3)4)8-11-19-5/h13H,6-12H2,1-5H3. The van der Waals surface area contributed by atoms with Crippen LogP contribution in [0.3, 0.4) is 0 Å². The Balaban J connectivity index is 2.55. The van der Waals surface area contributed by atoms with Gasteiger partial charge < -0.3 is 14.5 Å². The van der Waals surface area contributed by atoms with E-state index in [4.69, 9.17) is 4.74 Å². The summed E-state index contributed by atoms with van der Waals surface area (Å²) in [5, 5.41) is 0. The highest BCUT2D eigenvalue weighted by atomic mass is 16.5. The van der Waals surface area contributed by atoms with E-state index in [1.54, 1.807) is 7.11 Å². The quantitative estimate of drug-likeness (QED) is 0.740. The molecule has 0 N–H and O–H groups in total. The van der Waals surface area contributed by atoms with Crippen LogP contribution in [0.25, 0.3) is 0 Å². The molecule has 0 bridgehead atoms. The van der Waals surface area contributed by atoms with Gasteiger partial charge in [-0.15, -0.1) is 0 Å². The number of nitrogens with zero attached hydrogens (tertiary/aromatic N) is 2. The third kappa shape index (κ3) is 4.46. The van der Waals surface area contributed by atoms with Crippen LogP contribution in [0, 0.1) is 5.92 Å². The molecule has 0 aromatic carbocycles. The van der Waals surface area contributed by atoms with Crippen molar-refractivity contribution in [2.45, 2.75) is 45.1 Å². The summed E-state index contributed by atoms with van der Waals surface area (Å²) in [5.41, 5.74) is 0.199. The van der Waals surface area contributed by atoms with E-state index in [2.05, 4.69) is 32.8 Å². The van der Waals surface area contributed by atoms with Crippen molar-refractivity contribution in [1.82, 2.24) is 9.80 Å². The normalized spacial score (nSPS) is 19.2. The number of methoxy groups -OCH3 is 1. The van der Waals surface area contributed by atoms with Crippen LogP contribution in [-0.2, 0) is 9.53 Å². The Kier molecular flexibility index (Phi) is 6.27. The highest BCUT2D eigenvalue weighted by Crippen LogP contribution is 2.31. The molecule has 4 nitrogen and oxygen atoms in total. The van der Waals surface area contributed by atoms with E-state index in [0.717, 1.165) is 39.0 Å². The Labute approximate surface area is 118 Å². The maximum absolute atomic E-state index is 12.1. The summed E-state index contributed by atoms with van der Waals surface area (Å²) >= 11 is 0. The molecular formula is C15H30N2O2. The molecule has 0 aromatic rings. The van der Waals surface area contributed by atoms with Gasteiger partial charge in [0.15, 0.2) is 0 Å². The summed E-state index contributed by atoms with van der Waals surface area (Å²) in [7, 11) is 6.03. The molecule has 1 fully saturated rings. The van der Waals surface area contributed by atoms with Gasteiger partial charge >= 0.3 is 0 Å². The molecule has 1 saturated heterocycles. The van der Waals surface area contributed by atoms with Gasteiger partial charge in [-0.05, 0) is 39.3 Å². The van der Waals surface area contributed by atoms with Gasteiger partial charge in [0.25, 0.3) is 0 Å². The molecule has 4 heteroatoms. The number of amides is 1. The predicted molar refractivity (Wildman–Crippen MR) is 78.2 cm³/mol. The van der Waals surface area contributed by atoms with Crippen LogP contribution in [0.15, 0.2) is 0 Å². The number of rotatable bonds is 6. The number of carbonyl (C=O) groups excluding carboxylic acids is 1. The van der Waals surface area contributed by atoms with Crippen molar-refractivity contribution in [3.05, 3.63) is 0 Å². The number of ether oxygens (including phenoxy) is 1. The van der Waals surface area contributed by atoms with E-state index in [0.29, 0.717) is 18.2 Å². The molecule has 1 aliphatic rings. The van der Waals surface area contributed by atoms with Gasteiger partial charge in [0.1, 0.15) is 0 Å². The zero-order valence-electron chi connectivity index (χ0n) is 13.2. The Hall–Kier alpha value is -0.610. The lowest BCUT2D eigenvalue weighted by Gasteiger charge is -2.46. The fourth-order valence-corrected chi connectivity index (χ4v) is 2.86. The summed E-state index contributed by atoms with van der Waals surface area (Å²) in [6.07, 6.45) is 3.82. The predicted octanol–water partition coefficient (Wildman–Crippen LogP) is 1.99. The maximum atomic E-state index is 12.1. The van der Waals surface area contributed by atoms with Crippen LogP contribution < -0.4 is 0 Å². The average Bonchev–Trinajstić information content (AvgIpc) is 2.35. The second-order valence-corrected chi connectivity index (χ2v) is 6.34. The number of likely N-dealkylation sites (tertiary alicyclic amines) is 1. The Bertz CT molecular complexity index is 282. The first-order chi connectivity index (χ1) is 8.91. The molecule has 0 unspecified atom stereocenters. The average molecular weight is 270 g/mol. The molecule has 1 heterocycles. The van der Waals surface area contributed by atoms with Gasteiger partial charge in [-0.1, -0.05) is 13.8 Å². The van der Waals surface area contributed by atoms with E-state index in [1.165, 1.54) is 0 Å². The number of hydrogen-bond acceptors (Lipinski definition) is 3. The smallest absolute Gasteiger partial charge is 0.222 e. The first kappa shape index (κ1) is 16.4. The number of hydrogen-bond donors (Lipinski definition) is 0. The van der Waals surface area contributed by atoms with Crippen LogP contribution in [0.2, 0.25) is 0 Å². The minimum Gasteiger partial charge on any atom is -0.385 e. The van der Waals surface area contributed by atoms with Crippen molar-refractivity contribution < 1.29 is 9.53 Å². The summed E-state index contributed by atoms with van der Waals surface area (Å²) in [4.78, 5) is 16.4. The van der Waals surface area contributed by atoms with E-state index in [1.807, 2.05) is 4.90 Å². The Morgan fingerprint density at radius 1 is 1.32 bits per heavy atom. The molecule has 1 aliphatic heterocycles. The third-order valence-electron chi connectivity index (χ3n) is 4.35. The third-order valence-corrected chi connectivity index (χ3v) is 4.35. The molecule has 0 spiro atoms. The molecular weight excluding hydrogens is 240 g/mol. The van der Waals surface area contributed by atoms with Crippen LogP contribution in [0.5, 0.6) is 0 Å². The van der Waals surface area contributed by atoms with Crippen molar-refractivity contribution >= 4 is 5.91 Å². The second-order valence-electron chi connectivity index (χ2n) is 6.34. The van der Waals surface area contributed by atoms with Crippen molar-refractivity contribution in [1.29, 1.82) is 0 Å². The summed E-state index contributed by atoms with van der Waals surface area (Å²) in [5.74, 6) is 0.760. The number of carbonyl (C=O) groups is 1. The minimum atomic E-state index is 0.199. The zero-order valence-corrected chi connectivity index (χ0v) is 13.2. The molecule has 0 aromatic heterocycles. The molecule has 19 heavy (non-hydrogen) atoms. The van der Waals surface area contributed by atoms with Gasteiger partial charge in [-0.3, -0.25) is 4.79 Å². The maximum Gasteiger partial charge on any atom is 0.222 e. The monoisotopic (exact) mass is 270 g/mol. The molecule has 0 aliphatic carbocycles. The van der Waals surface area contributed by atoms with E-state index < -0.39 is 0 Å². The van der Waals surface area contributed by atoms with E-state index in [-0.39, 0.29) is 5.54 Å². The van der Waals surface area contributed by atoms with Gasteiger partial charge in [-0.2, -0.15) is 0 Å². The van der Waals surface area contributed by atoms with Crippen LogP contribution >= 0.6 is 0 Å². The molecule has 0 saturated carbocycles. The van der Waals surface area contributed by atoms with Gasteiger partial charge in [-0.25, -0.2) is 0 Å². The summed E-state index contributed by atoms with van der Waals surface area (Å²) in [6, 6.07) is 0. The lowest BCUT2D eigenvalue weighted by Crippen LogP contribution is -2.54. The molecule has 1 amide bonds. The summed E-state index contributed by atoms with van der Waals surface area (Å²) in [6.45, 7) is 6.76. The van der Waals surface area contributed by atoms with Crippen LogP contribution in [-0.4, -0.2) is 62.1 Å². The summed E-state index contributed by atoms with van der Waals surface area (Å²) < 4.78 is 5.24. The van der Waals surface area contributed by atoms with Gasteiger partial charge in [0.2, 0.25) is 5.91 Å².